The van der Waals surface area contributed by atoms with E-state index in [-0.39, 0.29) is 12.3 Å². The number of anilines is 1. The SMILES string of the molecule is Cc1ccc(CC(CC(=O)Nc2ccc(Cl)c(Cl)c2)C(=O)O)cc1. The molecule has 0 saturated carbocycles. The Morgan fingerprint density at radius 1 is 1.08 bits per heavy atom. The summed E-state index contributed by atoms with van der Waals surface area (Å²) in [5, 5.41) is 12.7. The fourth-order valence-electron chi connectivity index (χ4n) is 2.27. The molecule has 4 nitrogen and oxygen atoms in total. The number of rotatable bonds is 6. The van der Waals surface area contributed by atoms with E-state index >= 15 is 0 Å². The zero-order valence-electron chi connectivity index (χ0n) is 13.1. The molecule has 2 aromatic rings. The van der Waals surface area contributed by atoms with E-state index < -0.39 is 11.9 Å². The molecule has 0 spiro atoms. The third-order valence-corrected chi connectivity index (χ3v) is 4.33. The van der Waals surface area contributed by atoms with Gasteiger partial charge in [0.25, 0.3) is 0 Å². The smallest absolute Gasteiger partial charge is 0.307 e. The van der Waals surface area contributed by atoms with Gasteiger partial charge < -0.3 is 10.4 Å². The molecule has 24 heavy (non-hydrogen) atoms. The quantitative estimate of drug-likeness (QED) is 0.787. The maximum absolute atomic E-state index is 12.1. The van der Waals surface area contributed by atoms with Crippen molar-refractivity contribution in [2.45, 2.75) is 19.8 Å². The fraction of sp³-hybridized carbons (Fsp3) is 0.222. The van der Waals surface area contributed by atoms with E-state index in [2.05, 4.69) is 5.32 Å². The number of benzene rings is 2. The van der Waals surface area contributed by atoms with Crippen LogP contribution in [0.4, 0.5) is 5.69 Å². The Morgan fingerprint density at radius 2 is 1.75 bits per heavy atom. The minimum Gasteiger partial charge on any atom is -0.481 e. The van der Waals surface area contributed by atoms with Crippen molar-refractivity contribution < 1.29 is 14.7 Å². The Labute approximate surface area is 150 Å². The molecule has 0 bridgehead atoms. The van der Waals surface area contributed by atoms with Gasteiger partial charge in [-0.3, -0.25) is 9.59 Å². The lowest BCUT2D eigenvalue weighted by atomic mass is 9.95. The number of amides is 1. The lowest BCUT2D eigenvalue weighted by molar-refractivity contribution is -0.143. The number of nitrogens with one attached hydrogen (secondary N) is 1. The van der Waals surface area contributed by atoms with Crippen LogP contribution in [0.25, 0.3) is 0 Å². The molecule has 0 radical (unpaired) electrons. The van der Waals surface area contributed by atoms with Gasteiger partial charge in [0.1, 0.15) is 0 Å². The van der Waals surface area contributed by atoms with E-state index in [0.717, 1.165) is 11.1 Å². The Bertz CT molecular complexity index is 744. The van der Waals surface area contributed by atoms with E-state index in [1.807, 2.05) is 31.2 Å². The van der Waals surface area contributed by atoms with Gasteiger partial charge in [0.15, 0.2) is 0 Å². The van der Waals surface area contributed by atoms with Crippen LogP contribution in [0.5, 0.6) is 0 Å². The standard InChI is InChI=1S/C18H17Cl2NO3/c1-11-2-4-12(5-3-11)8-13(18(23)24)9-17(22)21-14-6-7-15(19)16(20)10-14/h2-7,10,13H,8-9H2,1H3,(H,21,22)(H,23,24). The van der Waals surface area contributed by atoms with E-state index in [1.165, 1.54) is 6.07 Å². The summed E-state index contributed by atoms with van der Waals surface area (Å²) in [6, 6.07) is 12.3. The maximum Gasteiger partial charge on any atom is 0.307 e. The third-order valence-electron chi connectivity index (χ3n) is 3.59. The van der Waals surface area contributed by atoms with Gasteiger partial charge >= 0.3 is 5.97 Å². The molecule has 6 heteroatoms. The highest BCUT2D eigenvalue weighted by molar-refractivity contribution is 6.42. The molecule has 2 aromatic carbocycles. The van der Waals surface area contributed by atoms with Gasteiger partial charge in [0.05, 0.1) is 16.0 Å². The van der Waals surface area contributed by atoms with Gasteiger partial charge in [-0.15, -0.1) is 0 Å². The van der Waals surface area contributed by atoms with Crippen molar-refractivity contribution in [3.8, 4) is 0 Å². The minimum absolute atomic E-state index is 0.122. The molecule has 0 aromatic heterocycles. The van der Waals surface area contributed by atoms with Crippen LogP contribution in [0.2, 0.25) is 10.0 Å². The number of aliphatic carboxylic acids is 1. The second kappa shape index (κ2) is 8.18. The first-order chi connectivity index (χ1) is 11.3. The average molecular weight is 366 g/mol. The van der Waals surface area contributed by atoms with Crippen LogP contribution in [0.15, 0.2) is 42.5 Å². The van der Waals surface area contributed by atoms with E-state index in [9.17, 15) is 14.7 Å². The van der Waals surface area contributed by atoms with Gasteiger partial charge in [-0.1, -0.05) is 53.0 Å². The number of carbonyl (C=O) groups excluding carboxylic acids is 1. The van der Waals surface area contributed by atoms with Gasteiger partial charge in [-0.2, -0.15) is 0 Å². The number of aryl methyl sites for hydroxylation is 1. The highest BCUT2D eigenvalue weighted by Crippen LogP contribution is 2.25. The molecule has 0 aliphatic rings. The lowest BCUT2D eigenvalue weighted by Gasteiger charge is -2.13. The van der Waals surface area contributed by atoms with Gasteiger partial charge in [0.2, 0.25) is 5.91 Å². The number of carboxylic acids is 1. The summed E-state index contributed by atoms with van der Waals surface area (Å²) in [6.07, 6.45) is 0.174. The summed E-state index contributed by atoms with van der Waals surface area (Å²) in [7, 11) is 0. The molecule has 2 rings (SSSR count). The van der Waals surface area contributed by atoms with E-state index in [0.29, 0.717) is 22.2 Å². The van der Waals surface area contributed by atoms with Crippen molar-refractivity contribution in [1.82, 2.24) is 0 Å². The summed E-state index contributed by atoms with van der Waals surface area (Å²) in [4.78, 5) is 23.6. The second-order valence-corrected chi connectivity index (χ2v) is 6.42. The van der Waals surface area contributed by atoms with Gasteiger partial charge in [-0.05, 0) is 37.1 Å². The van der Waals surface area contributed by atoms with Crippen molar-refractivity contribution in [1.29, 1.82) is 0 Å². The van der Waals surface area contributed by atoms with Gasteiger partial charge in [-0.25, -0.2) is 0 Å². The Balaban J connectivity index is 2.01. The predicted octanol–water partition coefficient (Wildman–Crippen LogP) is 4.57. The molecule has 1 unspecified atom stereocenters. The van der Waals surface area contributed by atoms with Crippen molar-refractivity contribution in [2.24, 2.45) is 5.92 Å². The zero-order valence-corrected chi connectivity index (χ0v) is 14.6. The molecule has 1 amide bonds. The summed E-state index contributed by atoms with van der Waals surface area (Å²) in [5.41, 5.74) is 2.46. The van der Waals surface area contributed by atoms with E-state index in [1.54, 1.807) is 12.1 Å². The molecular weight excluding hydrogens is 349 g/mol. The van der Waals surface area contributed by atoms with Crippen LogP contribution in [0.1, 0.15) is 17.5 Å². The Kier molecular flexibility index (Phi) is 6.23. The van der Waals surface area contributed by atoms with Crippen molar-refractivity contribution in [3.63, 3.8) is 0 Å². The van der Waals surface area contributed by atoms with Gasteiger partial charge in [0, 0.05) is 12.1 Å². The first-order valence-electron chi connectivity index (χ1n) is 7.38. The monoisotopic (exact) mass is 365 g/mol. The van der Waals surface area contributed by atoms with Crippen molar-refractivity contribution in [3.05, 3.63) is 63.6 Å². The molecule has 126 valence electrons. The van der Waals surface area contributed by atoms with Crippen LogP contribution >= 0.6 is 23.2 Å². The second-order valence-electron chi connectivity index (χ2n) is 5.61. The first kappa shape index (κ1) is 18.3. The first-order valence-corrected chi connectivity index (χ1v) is 8.14. The summed E-state index contributed by atoms with van der Waals surface area (Å²) in [6.45, 7) is 1.96. The molecule has 1 atom stereocenters. The highest BCUT2D eigenvalue weighted by atomic mass is 35.5. The van der Waals surface area contributed by atoms with Crippen LogP contribution in [-0.2, 0) is 16.0 Å². The number of hydrogen-bond acceptors (Lipinski definition) is 2. The van der Waals surface area contributed by atoms with Crippen LogP contribution in [0.3, 0.4) is 0 Å². The third kappa shape index (κ3) is 5.25. The lowest BCUT2D eigenvalue weighted by Crippen LogP contribution is -2.24. The number of carboxylic acid groups (broad SMARTS) is 1. The van der Waals surface area contributed by atoms with Crippen LogP contribution in [-0.4, -0.2) is 17.0 Å². The summed E-state index contributed by atoms with van der Waals surface area (Å²) < 4.78 is 0. The Morgan fingerprint density at radius 3 is 2.33 bits per heavy atom. The molecule has 2 N–H and O–H groups in total. The molecule has 0 aliphatic carbocycles. The largest absolute Gasteiger partial charge is 0.481 e. The Hall–Kier alpha value is -2.04. The molecule has 0 saturated heterocycles. The van der Waals surface area contributed by atoms with E-state index in [4.69, 9.17) is 23.2 Å². The minimum atomic E-state index is -1.00. The number of carbonyl (C=O) groups is 2. The summed E-state index contributed by atoms with van der Waals surface area (Å²) in [5.74, 6) is -2.18. The normalized spacial score (nSPS) is 11.8. The molecule has 0 heterocycles. The topological polar surface area (TPSA) is 66.4 Å². The maximum atomic E-state index is 12.1. The van der Waals surface area contributed by atoms with Crippen molar-refractivity contribution >= 4 is 40.8 Å². The number of halogens is 2. The van der Waals surface area contributed by atoms with Crippen molar-refractivity contribution in [2.75, 3.05) is 5.32 Å². The average Bonchev–Trinajstić information content (AvgIpc) is 2.52. The number of hydrogen-bond donors (Lipinski definition) is 2. The van der Waals surface area contributed by atoms with Crippen LogP contribution < -0.4 is 5.32 Å². The highest BCUT2D eigenvalue weighted by Gasteiger charge is 2.22. The molecule has 0 aliphatic heterocycles. The summed E-state index contributed by atoms with van der Waals surface area (Å²) >= 11 is 11.7. The fourth-order valence-corrected chi connectivity index (χ4v) is 2.56. The molecule has 0 fully saturated rings. The molecular formula is C18H17Cl2NO3. The predicted molar refractivity (Wildman–Crippen MR) is 95.7 cm³/mol. The van der Waals surface area contributed by atoms with Crippen LogP contribution in [0, 0.1) is 12.8 Å². The zero-order chi connectivity index (χ0) is 17.7.